The van der Waals surface area contributed by atoms with Gasteiger partial charge in [-0.15, -0.1) is 6.42 Å². The van der Waals surface area contributed by atoms with Crippen molar-refractivity contribution >= 4 is 50.9 Å². The lowest BCUT2D eigenvalue weighted by Gasteiger charge is -2.38. The Labute approximate surface area is 430 Å². The van der Waals surface area contributed by atoms with E-state index in [0.717, 1.165) is 108 Å². The highest BCUT2D eigenvalue weighted by molar-refractivity contribution is 6.03. The van der Waals surface area contributed by atoms with Gasteiger partial charge in [0.2, 0.25) is 17.7 Å². The summed E-state index contributed by atoms with van der Waals surface area (Å²) in [4.78, 5) is 53.1. The molecule has 3 amide bonds. The number of aryl methyl sites for hydroxylation is 1. The monoisotopic (exact) mass is 994 g/mol. The van der Waals surface area contributed by atoms with Gasteiger partial charge in [0.15, 0.2) is 5.82 Å². The summed E-state index contributed by atoms with van der Waals surface area (Å²) >= 11 is 0. The summed E-state index contributed by atoms with van der Waals surface area (Å²) in [6, 6.07) is 19.1. The number of anilines is 2. The Kier molecular flexibility index (Phi) is 15.8. The van der Waals surface area contributed by atoms with Crippen molar-refractivity contribution in [3.05, 3.63) is 89.0 Å². The summed E-state index contributed by atoms with van der Waals surface area (Å²) in [5, 5.41) is 4.15. The second-order valence-corrected chi connectivity index (χ2v) is 22.3. The largest absolute Gasteiger partial charge is 0.463 e. The Balaban J connectivity index is 0.000000659. The zero-order valence-corrected chi connectivity index (χ0v) is 43.7. The molecule has 1 saturated carbocycles. The van der Waals surface area contributed by atoms with Crippen molar-refractivity contribution in [2.24, 2.45) is 29.1 Å². The quantitative estimate of drug-likeness (QED) is 0.0965. The predicted octanol–water partition coefficient (Wildman–Crippen LogP) is 10.7. The molecule has 0 radical (unpaired) electrons. The van der Waals surface area contributed by atoms with Crippen LogP contribution in [0.5, 0.6) is 6.01 Å². The molecule has 4 aromatic carbocycles. The molecule has 2 atom stereocenters. The number of ether oxygens (including phenoxy) is 1. The van der Waals surface area contributed by atoms with Crippen LogP contribution in [0.4, 0.5) is 20.3 Å². The molecule has 5 aliphatic rings. The van der Waals surface area contributed by atoms with Gasteiger partial charge in [-0.3, -0.25) is 19.7 Å². The van der Waals surface area contributed by atoms with Gasteiger partial charge in [0, 0.05) is 78.9 Å². The van der Waals surface area contributed by atoms with Crippen molar-refractivity contribution in [1.82, 2.24) is 25.1 Å². The number of halogens is 2. The number of nitrogens with one attached hydrogen (secondary N) is 1. The van der Waals surface area contributed by atoms with Gasteiger partial charge < -0.3 is 24.3 Å². The van der Waals surface area contributed by atoms with Gasteiger partial charge in [0.1, 0.15) is 17.2 Å². The third-order valence-corrected chi connectivity index (χ3v) is 16.4. The Hall–Kier alpha value is -5.97. The fraction of sp³-hybridized carbons (Fsp3) is 0.517. The van der Waals surface area contributed by atoms with Gasteiger partial charge in [0.05, 0.1) is 12.2 Å². The maximum Gasteiger partial charge on any atom is 0.319 e. The molecule has 5 heterocycles. The summed E-state index contributed by atoms with van der Waals surface area (Å²) in [6.07, 6.45) is 16.1. The molecule has 0 spiro atoms. The van der Waals surface area contributed by atoms with Crippen LogP contribution < -0.4 is 19.9 Å². The van der Waals surface area contributed by atoms with E-state index in [1.807, 2.05) is 50.9 Å². The minimum atomic E-state index is -0.506. The van der Waals surface area contributed by atoms with Crippen LogP contribution in [0.15, 0.2) is 60.7 Å². The van der Waals surface area contributed by atoms with Crippen molar-refractivity contribution in [3.8, 4) is 29.5 Å². The van der Waals surface area contributed by atoms with Crippen LogP contribution in [0.1, 0.15) is 115 Å². The van der Waals surface area contributed by atoms with Crippen LogP contribution >= 0.6 is 0 Å². The van der Waals surface area contributed by atoms with Crippen LogP contribution in [-0.4, -0.2) is 104 Å². The number of benzene rings is 4. The fourth-order valence-electron chi connectivity index (χ4n) is 11.6. The number of terminal acetylenes is 1. The van der Waals surface area contributed by atoms with E-state index in [2.05, 4.69) is 58.0 Å². The first-order chi connectivity index (χ1) is 35.1. The number of fused-ring (bicyclic) bond motifs is 2. The highest BCUT2D eigenvalue weighted by atomic mass is 19.1. The molecule has 13 heteroatoms. The molecule has 11 nitrogen and oxygen atoms in total. The average molecular weight is 994 g/mol. The molecule has 4 saturated heterocycles. The molecule has 5 fully saturated rings. The molecule has 73 heavy (non-hydrogen) atoms. The fourth-order valence-corrected chi connectivity index (χ4v) is 11.6. The summed E-state index contributed by atoms with van der Waals surface area (Å²) < 4.78 is 38.6. The lowest BCUT2D eigenvalue weighted by molar-refractivity contribution is -0.135. The van der Waals surface area contributed by atoms with Crippen LogP contribution in [0.3, 0.4) is 0 Å². The lowest BCUT2D eigenvalue weighted by Crippen LogP contribution is -2.43. The Bertz CT molecular complexity index is 2900. The molecular formula is C60H73F2N7O4. The maximum atomic E-state index is 17.0. The van der Waals surface area contributed by atoms with E-state index in [4.69, 9.17) is 21.1 Å². The number of aromatic nitrogens is 2. The third kappa shape index (κ3) is 11.7. The normalized spacial score (nSPS) is 20.9. The second kappa shape index (κ2) is 22.2. The molecule has 1 aliphatic carbocycles. The van der Waals surface area contributed by atoms with E-state index >= 15 is 4.39 Å². The van der Waals surface area contributed by atoms with Gasteiger partial charge in [-0.2, -0.15) is 9.97 Å². The van der Waals surface area contributed by atoms with Gasteiger partial charge in [-0.25, -0.2) is 8.78 Å². The van der Waals surface area contributed by atoms with E-state index in [0.29, 0.717) is 64.9 Å². The van der Waals surface area contributed by atoms with Gasteiger partial charge in [0.25, 0.3) is 0 Å². The maximum absolute atomic E-state index is 17.0. The third-order valence-electron chi connectivity index (χ3n) is 16.4. The van der Waals surface area contributed by atoms with Crippen LogP contribution in [-0.2, 0) is 14.4 Å². The second-order valence-electron chi connectivity index (χ2n) is 22.3. The van der Waals surface area contributed by atoms with Gasteiger partial charge in [-0.05, 0) is 149 Å². The highest BCUT2D eigenvalue weighted by Gasteiger charge is 2.45. The van der Waals surface area contributed by atoms with Gasteiger partial charge >= 0.3 is 6.01 Å². The smallest absolute Gasteiger partial charge is 0.319 e. The van der Waals surface area contributed by atoms with Gasteiger partial charge in [-0.1, -0.05) is 76.1 Å². The molecule has 2 unspecified atom stereocenters. The summed E-state index contributed by atoms with van der Waals surface area (Å²) in [7, 11) is 1.91. The Morgan fingerprint density at radius 1 is 0.918 bits per heavy atom. The zero-order valence-electron chi connectivity index (χ0n) is 43.7. The number of piperidine rings is 4. The average Bonchev–Trinajstić information content (AvgIpc) is 4.16. The Morgan fingerprint density at radius 3 is 2.36 bits per heavy atom. The van der Waals surface area contributed by atoms with Crippen molar-refractivity contribution in [2.75, 3.05) is 75.8 Å². The predicted molar refractivity (Wildman–Crippen MR) is 287 cm³/mol. The highest BCUT2D eigenvalue weighted by Crippen LogP contribution is 2.47. The molecule has 386 valence electrons. The molecule has 1 aromatic heterocycles. The number of hydrogen-bond acceptors (Lipinski definition) is 9. The minimum absolute atomic E-state index is 0.0164. The molecule has 5 aromatic rings. The number of nitrogens with zero attached hydrogens (tertiary/aromatic N) is 6. The van der Waals surface area contributed by atoms with Crippen molar-refractivity contribution in [3.63, 3.8) is 0 Å². The zero-order chi connectivity index (χ0) is 51.6. The van der Waals surface area contributed by atoms with Crippen LogP contribution in [0, 0.1) is 60.0 Å². The van der Waals surface area contributed by atoms with E-state index < -0.39 is 11.6 Å². The summed E-state index contributed by atoms with van der Waals surface area (Å²) in [6.45, 7) is 18.8. The topological polar surface area (TPSA) is 111 Å². The lowest BCUT2D eigenvalue weighted by atomic mass is 9.87. The van der Waals surface area contributed by atoms with E-state index in [1.54, 1.807) is 18.2 Å². The number of rotatable bonds is 12. The van der Waals surface area contributed by atoms with Crippen molar-refractivity contribution in [2.45, 2.75) is 105 Å². The molecule has 10 rings (SSSR count). The first-order valence-corrected chi connectivity index (χ1v) is 26.8. The SMILES string of the molecule is C#Cc1c(F)ccc2cccc(-c3ccc4c(N5CCCC(C)C5)nc(OCC5(CN6CCC(CN7CCC(c8ccc(C)c(N(C)C(=O)C(C)C)c8)CC7)CC6)CC5)nc4c3F)c12.CC1CCC(=O)NC1=O. The number of hydrogen-bond donors (Lipinski definition) is 1. The minimum Gasteiger partial charge on any atom is -0.463 e. The van der Waals surface area contributed by atoms with Crippen LogP contribution in [0.2, 0.25) is 0 Å². The van der Waals surface area contributed by atoms with Crippen molar-refractivity contribution < 1.29 is 27.9 Å². The number of carbonyl (C=O) groups is 3. The first-order valence-electron chi connectivity index (χ1n) is 26.8. The number of carbonyl (C=O) groups excluding carboxylic acids is 3. The number of amides is 3. The number of imide groups is 1. The van der Waals surface area contributed by atoms with Crippen molar-refractivity contribution in [1.29, 1.82) is 0 Å². The molecule has 4 aliphatic heterocycles. The molecule has 0 bridgehead atoms. The number of likely N-dealkylation sites (tertiary alicyclic amines) is 2. The summed E-state index contributed by atoms with van der Waals surface area (Å²) in [5.74, 6) is 3.79. The van der Waals surface area contributed by atoms with E-state index in [-0.39, 0.29) is 52.1 Å². The molecular weight excluding hydrogens is 921 g/mol. The van der Waals surface area contributed by atoms with Crippen LogP contribution in [0.25, 0.3) is 32.8 Å². The standard InChI is InChI=1S/C54H64F2N6O2.C6H9NO2/c1-7-42-46(55)18-15-40-11-8-12-43(48(40)42)44-16-17-45-50(49(44)56)57-53(58-51(45)62-25-9-10-36(4)31-62)64-34-54(23-24-54)33-61-26-19-38(20-27-61)32-60-28-21-39(22-29-60)41-14-13-37(5)47(30-41)59(6)52(63)35(2)3;1-4-2-3-5(8)7-6(4)9/h1,8,11-18,30,35-36,38-39H,9-10,19-29,31-34H2,2-6H3;4H,2-3H2,1H3,(H,7,8,9). The Morgan fingerprint density at radius 2 is 1.67 bits per heavy atom. The summed E-state index contributed by atoms with van der Waals surface area (Å²) in [5.41, 5.74) is 4.74. The first kappa shape index (κ1) is 51.9. The van der Waals surface area contributed by atoms with E-state index in [1.165, 1.54) is 24.5 Å². The van der Waals surface area contributed by atoms with E-state index in [9.17, 15) is 18.8 Å². The molecule has 1 N–H and O–H groups in total.